The van der Waals surface area contributed by atoms with E-state index in [-0.39, 0.29) is 16.3 Å². The summed E-state index contributed by atoms with van der Waals surface area (Å²) in [5.74, 6) is 0. The number of azide groups is 1. The minimum atomic E-state index is 0.162. The Hall–Kier alpha value is -1.21. The fourth-order valence-electron chi connectivity index (χ4n) is 0.798. The molecule has 0 saturated heterocycles. The third kappa shape index (κ3) is 2.13. The average Bonchev–Trinajstić information content (AvgIpc) is 2.09. The molecule has 0 aliphatic carbocycles. The Morgan fingerprint density at radius 1 is 1.62 bits per heavy atom. The molecular formula is C7H2BrClN4. The first-order valence-corrected chi connectivity index (χ1v) is 4.30. The zero-order valence-electron chi connectivity index (χ0n) is 6.20. The van der Waals surface area contributed by atoms with E-state index in [1.54, 1.807) is 6.07 Å². The molecule has 0 unspecified atom stereocenters. The highest BCUT2D eigenvalue weighted by Gasteiger charge is 2.06. The summed E-state index contributed by atoms with van der Waals surface area (Å²) >= 11 is 8.91. The predicted molar refractivity (Wildman–Crippen MR) is 52.7 cm³/mol. The number of nitriles is 1. The van der Waals surface area contributed by atoms with Crippen LogP contribution in [0.15, 0.2) is 21.7 Å². The van der Waals surface area contributed by atoms with Gasteiger partial charge < -0.3 is 0 Å². The first-order chi connectivity index (χ1) is 6.19. The van der Waals surface area contributed by atoms with Gasteiger partial charge in [-0.3, -0.25) is 0 Å². The molecule has 0 atom stereocenters. The summed E-state index contributed by atoms with van der Waals surface area (Å²) in [4.78, 5) is 2.58. The van der Waals surface area contributed by atoms with Crippen LogP contribution in [-0.2, 0) is 0 Å². The Kier molecular flexibility index (Phi) is 3.15. The number of benzene rings is 1. The molecule has 0 heterocycles. The minimum absolute atomic E-state index is 0.162. The van der Waals surface area contributed by atoms with Crippen molar-refractivity contribution in [3.63, 3.8) is 0 Å². The van der Waals surface area contributed by atoms with Gasteiger partial charge in [0.15, 0.2) is 0 Å². The molecule has 1 aromatic rings. The summed E-state index contributed by atoms with van der Waals surface area (Å²) in [5.41, 5.74) is 8.62. The van der Waals surface area contributed by atoms with Crippen LogP contribution in [0.25, 0.3) is 10.4 Å². The Bertz CT molecular complexity index is 431. The fourth-order valence-corrected chi connectivity index (χ4v) is 1.64. The van der Waals surface area contributed by atoms with Crippen LogP contribution >= 0.6 is 27.5 Å². The summed E-state index contributed by atoms with van der Waals surface area (Å²) in [6, 6.07) is 4.98. The van der Waals surface area contributed by atoms with E-state index in [0.29, 0.717) is 4.47 Å². The molecule has 0 N–H and O–H groups in total. The highest BCUT2D eigenvalue weighted by molar-refractivity contribution is 9.10. The molecule has 1 aromatic carbocycles. The third-order valence-corrected chi connectivity index (χ3v) is 2.04. The first kappa shape index (κ1) is 9.87. The summed E-state index contributed by atoms with van der Waals surface area (Å²) in [6.07, 6.45) is 0. The normalized spacial score (nSPS) is 8.69. The van der Waals surface area contributed by atoms with Crippen molar-refractivity contribution in [3.05, 3.63) is 37.6 Å². The molecular weight excluding hydrogens is 255 g/mol. The summed E-state index contributed by atoms with van der Waals surface area (Å²) in [5, 5.41) is 12.3. The van der Waals surface area contributed by atoms with Crippen LogP contribution in [0, 0.1) is 11.3 Å². The molecule has 13 heavy (non-hydrogen) atoms. The number of hydrogen-bond donors (Lipinski definition) is 0. The lowest BCUT2D eigenvalue weighted by Crippen LogP contribution is -1.77. The van der Waals surface area contributed by atoms with Gasteiger partial charge in [-0.25, -0.2) is 0 Å². The van der Waals surface area contributed by atoms with Gasteiger partial charge in [0.1, 0.15) is 0 Å². The van der Waals surface area contributed by atoms with Crippen molar-refractivity contribution in [2.75, 3.05) is 0 Å². The van der Waals surface area contributed by atoms with E-state index in [0.717, 1.165) is 0 Å². The van der Waals surface area contributed by atoms with Gasteiger partial charge in [0.2, 0.25) is 0 Å². The maximum Gasteiger partial charge on any atom is 0.0997 e. The van der Waals surface area contributed by atoms with Crippen molar-refractivity contribution in [2.24, 2.45) is 5.11 Å². The molecule has 6 heteroatoms. The smallest absolute Gasteiger partial charge is 0.0997 e. The number of hydrogen-bond acceptors (Lipinski definition) is 2. The van der Waals surface area contributed by atoms with Gasteiger partial charge in [-0.1, -0.05) is 32.6 Å². The van der Waals surface area contributed by atoms with Gasteiger partial charge in [-0.2, -0.15) is 5.26 Å². The topological polar surface area (TPSA) is 72.5 Å². The largest absolute Gasteiger partial charge is 0.192 e. The standard InChI is InChI=1S/C7H2BrClN4/c8-5-1-4(3-10)7(12-13-11)6(9)2-5/h1-2H. The van der Waals surface area contributed by atoms with E-state index >= 15 is 0 Å². The molecule has 0 bridgehead atoms. The zero-order valence-corrected chi connectivity index (χ0v) is 8.54. The van der Waals surface area contributed by atoms with Crippen molar-refractivity contribution in [1.82, 2.24) is 0 Å². The lowest BCUT2D eigenvalue weighted by atomic mass is 10.2. The van der Waals surface area contributed by atoms with Crippen molar-refractivity contribution in [1.29, 1.82) is 5.26 Å². The Labute approximate surface area is 87.5 Å². The lowest BCUT2D eigenvalue weighted by molar-refractivity contribution is 1.41. The molecule has 0 aliphatic rings. The lowest BCUT2D eigenvalue weighted by Gasteiger charge is -1.99. The number of nitrogens with zero attached hydrogens (tertiary/aromatic N) is 4. The highest BCUT2D eigenvalue weighted by atomic mass is 79.9. The van der Waals surface area contributed by atoms with Gasteiger partial charge in [-0.05, 0) is 17.7 Å². The molecule has 0 aromatic heterocycles. The predicted octanol–water partition coefficient (Wildman–Crippen LogP) is 3.92. The van der Waals surface area contributed by atoms with Crippen LogP contribution in [0.1, 0.15) is 5.56 Å². The van der Waals surface area contributed by atoms with E-state index in [4.69, 9.17) is 22.4 Å². The van der Waals surface area contributed by atoms with Gasteiger partial charge in [0.05, 0.1) is 22.3 Å². The van der Waals surface area contributed by atoms with Crippen LogP contribution < -0.4 is 0 Å². The SMILES string of the molecule is N#Cc1cc(Br)cc(Cl)c1N=[N+]=[N-]. The van der Waals surface area contributed by atoms with E-state index in [2.05, 4.69) is 26.0 Å². The van der Waals surface area contributed by atoms with E-state index in [1.807, 2.05) is 6.07 Å². The highest BCUT2D eigenvalue weighted by Crippen LogP contribution is 2.32. The van der Waals surface area contributed by atoms with Gasteiger partial charge >= 0.3 is 0 Å². The van der Waals surface area contributed by atoms with Crippen molar-refractivity contribution in [3.8, 4) is 6.07 Å². The molecule has 4 nitrogen and oxygen atoms in total. The van der Waals surface area contributed by atoms with Gasteiger partial charge in [0, 0.05) is 9.38 Å². The van der Waals surface area contributed by atoms with E-state index in [9.17, 15) is 0 Å². The van der Waals surface area contributed by atoms with Crippen LogP contribution in [-0.4, -0.2) is 0 Å². The van der Waals surface area contributed by atoms with Crippen molar-refractivity contribution in [2.45, 2.75) is 0 Å². The Balaban J connectivity index is 3.49. The molecule has 0 saturated carbocycles. The second-order valence-corrected chi connectivity index (χ2v) is 3.41. The molecule has 64 valence electrons. The fraction of sp³-hybridized carbons (Fsp3) is 0. The summed E-state index contributed by atoms with van der Waals surface area (Å²) in [7, 11) is 0. The first-order valence-electron chi connectivity index (χ1n) is 3.13. The van der Waals surface area contributed by atoms with Crippen molar-refractivity contribution >= 4 is 33.2 Å². The van der Waals surface area contributed by atoms with Crippen LogP contribution in [0.5, 0.6) is 0 Å². The summed E-state index contributed by atoms with van der Waals surface area (Å²) < 4.78 is 0.672. The van der Waals surface area contributed by atoms with E-state index in [1.165, 1.54) is 6.07 Å². The molecule has 0 radical (unpaired) electrons. The second-order valence-electron chi connectivity index (χ2n) is 2.09. The quantitative estimate of drug-likeness (QED) is 0.427. The van der Waals surface area contributed by atoms with Crippen LogP contribution in [0.4, 0.5) is 5.69 Å². The molecule has 0 spiro atoms. The second kappa shape index (κ2) is 4.15. The molecule has 0 amide bonds. The maximum atomic E-state index is 8.68. The van der Waals surface area contributed by atoms with Gasteiger partial charge in [-0.15, -0.1) is 0 Å². The summed E-state index contributed by atoms with van der Waals surface area (Å²) in [6.45, 7) is 0. The number of rotatable bonds is 1. The van der Waals surface area contributed by atoms with Crippen molar-refractivity contribution < 1.29 is 0 Å². The van der Waals surface area contributed by atoms with Crippen LogP contribution in [0.3, 0.4) is 0 Å². The Morgan fingerprint density at radius 3 is 2.85 bits per heavy atom. The minimum Gasteiger partial charge on any atom is -0.192 e. The van der Waals surface area contributed by atoms with Crippen LogP contribution in [0.2, 0.25) is 5.02 Å². The zero-order chi connectivity index (χ0) is 9.84. The number of halogens is 2. The monoisotopic (exact) mass is 256 g/mol. The maximum absolute atomic E-state index is 8.68. The third-order valence-electron chi connectivity index (χ3n) is 1.29. The van der Waals surface area contributed by atoms with E-state index < -0.39 is 0 Å². The Morgan fingerprint density at radius 2 is 2.31 bits per heavy atom. The molecule has 0 aliphatic heterocycles. The molecule has 0 fully saturated rings. The average molecular weight is 257 g/mol. The molecule has 1 rings (SSSR count). The van der Waals surface area contributed by atoms with Gasteiger partial charge in [0.25, 0.3) is 0 Å².